The van der Waals surface area contributed by atoms with Crippen LogP contribution in [0.1, 0.15) is 0 Å². The Morgan fingerprint density at radius 1 is 0.640 bits per heavy atom. The summed E-state index contributed by atoms with van der Waals surface area (Å²) in [6.45, 7) is 0. The zero-order chi connectivity index (χ0) is 17.6. The van der Waals surface area contributed by atoms with Crippen molar-refractivity contribution in [3.05, 3.63) is 63.9 Å². The Morgan fingerprint density at radius 2 is 1.08 bits per heavy atom. The van der Waals surface area contributed by atoms with Crippen molar-refractivity contribution in [2.45, 2.75) is 9.79 Å². The minimum atomic E-state index is 0.0690. The highest BCUT2D eigenvalue weighted by molar-refractivity contribution is 8.01. The van der Waals surface area contributed by atoms with Crippen molar-refractivity contribution in [2.24, 2.45) is 0 Å². The number of aromatic nitrogens is 3. The van der Waals surface area contributed by atoms with Crippen molar-refractivity contribution in [1.82, 2.24) is 15.0 Å². The van der Waals surface area contributed by atoms with Gasteiger partial charge >= 0.3 is 0 Å². The lowest BCUT2D eigenvalue weighted by atomic mass is 10.4. The molecule has 0 bridgehead atoms. The normalized spacial score (nSPS) is 10.5. The van der Waals surface area contributed by atoms with Crippen LogP contribution in [0.4, 0.5) is 11.9 Å². The fourth-order valence-corrected chi connectivity index (χ4v) is 3.57. The van der Waals surface area contributed by atoms with Crippen LogP contribution >= 0.6 is 58.7 Å². The number of hydrogen-bond acceptors (Lipinski definition) is 7. The quantitative estimate of drug-likeness (QED) is 0.460. The smallest absolute Gasteiger partial charge is 0.239 e. The predicted octanol–water partition coefficient (Wildman–Crippen LogP) is 6.07. The highest BCUT2D eigenvalue weighted by Gasteiger charge is 2.08. The van der Waals surface area contributed by atoms with Crippen molar-refractivity contribution in [3.8, 4) is 0 Å². The molecule has 25 heavy (non-hydrogen) atoms. The SMILES string of the molecule is Clc1nc(NSc2ccccc2Cl)nc(NSc2ccccc2Cl)n1. The van der Waals surface area contributed by atoms with Gasteiger partial charge in [0.15, 0.2) is 0 Å². The van der Waals surface area contributed by atoms with Gasteiger partial charge in [0.25, 0.3) is 0 Å². The Morgan fingerprint density at radius 3 is 1.52 bits per heavy atom. The van der Waals surface area contributed by atoms with E-state index in [1.807, 2.05) is 36.4 Å². The number of halogens is 3. The molecular weight excluding hydrogens is 421 g/mol. The van der Waals surface area contributed by atoms with Crippen LogP contribution in [0.5, 0.6) is 0 Å². The lowest BCUT2D eigenvalue weighted by molar-refractivity contribution is 1.08. The molecule has 1 heterocycles. The van der Waals surface area contributed by atoms with Gasteiger partial charge < -0.3 is 0 Å². The fourth-order valence-electron chi connectivity index (χ4n) is 1.70. The van der Waals surface area contributed by atoms with Crippen molar-refractivity contribution in [1.29, 1.82) is 0 Å². The summed E-state index contributed by atoms with van der Waals surface area (Å²) in [5.41, 5.74) is 0. The summed E-state index contributed by atoms with van der Waals surface area (Å²) < 4.78 is 6.01. The molecular formula is C15H10Cl3N5S2. The molecule has 5 nitrogen and oxygen atoms in total. The van der Waals surface area contributed by atoms with Crippen molar-refractivity contribution in [2.75, 3.05) is 9.44 Å². The third-order valence-electron chi connectivity index (χ3n) is 2.79. The van der Waals surface area contributed by atoms with Crippen LogP contribution in [0.25, 0.3) is 0 Å². The maximum Gasteiger partial charge on any atom is 0.239 e. The van der Waals surface area contributed by atoms with Gasteiger partial charge in [0.2, 0.25) is 17.2 Å². The number of anilines is 2. The molecule has 0 saturated carbocycles. The Hall–Kier alpha value is -1.38. The average molecular weight is 431 g/mol. The summed E-state index contributed by atoms with van der Waals surface area (Å²) in [6.07, 6.45) is 0. The molecule has 3 aromatic rings. The van der Waals surface area contributed by atoms with Gasteiger partial charge in [-0.05, 0) is 59.8 Å². The van der Waals surface area contributed by atoms with Gasteiger partial charge in [-0.25, -0.2) is 0 Å². The first-order valence-electron chi connectivity index (χ1n) is 6.88. The Labute approximate surface area is 168 Å². The van der Waals surface area contributed by atoms with Crippen LogP contribution in [0.3, 0.4) is 0 Å². The molecule has 0 radical (unpaired) electrons. The van der Waals surface area contributed by atoms with Crippen LogP contribution in [-0.2, 0) is 0 Å². The molecule has 0 aliphatic carbocycles. The lowest BCUT2D eigenvalue weighted by Gasteiger charge is -2.08. The molecule has 128 valence electrons. The molecule has 10 heteroatoms. The maximum absolute atomic E-state index is 6.12. The van der Waals surface area contributed by atoms with Gasteiger partial charge in [-0.1, -0.05) is 47.5 Å². The zero-order valence-electron chi connectivity index (χ0n) is 12.4. The maximum atomic E-state index is 6.12. The van der Waals surface area contributed by atoms with E-state index in [9.17, 15) is 0 Å². The first-order valence-corrected chi connectivity index (χ1v) is 9.65. The van der Waals surface area contributed by atoms with Crippen LogP contribution in [-0.4, -0.2) is 15.0 Å². The molecule has 0 saturated heterocycles. The number of hydrogen-bond donors (Lipinski definition) is 2. The van der Waals surface area contributed by atoms with Crippen LogP contribution in [0.2, 0.25) is 15.3 Å². The van der Waals surface area contributed by atoms with Crippen molar-refractivity contribution < 1.29 is 0 Å². The standard InChI is InChI=1S/C15H10Cl3N5S2/c16-9-5-1-3-7-11(9)24-22-14-19-13(18)20-15(21-14)23-25-12-8-4-2-6-10(12)17/h1-8H,(H2,19,20,21,22,23). The van der Waals surface area contributed by atoms with Crippen LogP contribution < -0.4 is 9.44 Å². The fraction of sp³-hybridized carbons (Fsp3) is 0. The molecule has 0 aliphatic rings. The molecule has 0 amide bonds. The molecule has 0 atom stereocenters. The van der Waals surface area contributed by atoms with E-state index >= 15 is 0 Å². The summed E-state index contributed by atoms with van der Waals surface area (Å²) in [5, 5.41) is 1.33. The molecule has 3 rings (SSSR count). The summed E-state index contributed by atoms with van der Waals surface area (Å²) in [7, 11) is 0. The van der Waals surface area contributed by atoms with Gasteiger partial charge in [0.1, 0.15) is 0 Å². The summed E-state index contributed by atoms with van der Waals surface area (Å²) in [5.74, 6) is 0.624. The Balaban J connectivity index is 1.68. The molecule has 2 aromatic carbocycles. The highest BCUT2D eigenvalue weighted by Crippen LogP contribution is 2.29. The summed E-state index contributed by atoms with van der Waals surface area (Å²) in [4.78, 5) is 14.0. The van der Waals surface area contributed by atoms with Gasteiger partial charge in [-0.3, -0.25) is 9.44 Å². The van der Waals surface area contributed by atoms with Crippen LogP contribution in [0.15, 0.2) is 58.3 Å². The van der Waals surface area contributed by atoms with E-state index in [4.69, 9.17) is 34.8 Å². The predicted molar refractivity (Wildman–Crippen MR) is 107 cm³/mol. The van der Waals surface area contributed by atoms with Gasteiger partial charge in [-0.2, -0.15) is 15.0 Å². The average Bonchev–Trinajstić information content (AvgIpc) is 2.60. The van der Waals surface area contributed by atoms with Crippen molar-refractivity contribution >= 4 is 70.6 Å². The minimum Gasteiger partial charge on any atom is -0.294 e. The number of nitrogens with one attached hydrogen (secondary N) is 2. The molecule has 1 aromatic heterocycles. The lowest BCUT2D eigenvalue weighted by Crippen LogP contribution is -2.02. The molecule has 0 fully saturated rings. The third kappa shape index (κ3) is 5.29. The largest absolute Gasteiger partial charge is 0.294 e. The first kappa shape index (κ1) is 18.4. The Kier molecular flexibility index (Phi) is 6.50. The number of benzene rings is 2. The second kappa shape index (κ2) is 8.82. The third-order valence-corrected chi connectivity index (χ3v) is 5.56. The summed E-state index contributed by atoms with van der Waals surface area (Å²) in [6, 6.07) is 14.9. The molecule has 2 N–H and O–H groups in total. The van der Waals surface area contributed by atoms with Gasteiger partial charge in [-0.15, -0.1) is 0 Å². The van der Waals surface area contributed by atoms with Crippen LogP contribution in [0, 0.1) is 0 Å². The zero-order valence-corrected chi connectivity index (χ0v) is 16.3. The van der Waals surface area contributed by atoms with E-state index in [2.05, 4.69) is 24.4 Å². The van der Waals surface area contributed by atoms with E-state index < -0.39 is 0 Å². The molecule has 0 spiro atoms. The monoisotopic (exact) mass is 429 g/mol. The molecule has 0 aliphatic heterocycles. The highest BCUT2D eigenvalue weighted by atomic mass is 35.5. The Bertz CT molecular complexity index is 814. The number of nitrogens with zero attached hydrogens (tertiary/aromatic N) is 3. The number of rotatable bonds is 6. The van der Waals surface area contributed by atoms with Gasteiger partial charge in [0.05, 0.1) is 10.0 Å². The minimum absolute atomic E-state index is 0.0690. The van der Waals surface area contributed by atoms with Gasteiger partial charge in [0, 0.05) is 9.79 Å². The van der Waals surface area contributed by atoms with E-state index in [0.717, 1.165) is 9.79 Å². The van der Waals surface area contributed by atoms with E-state index in [-0.39, 0.29) is 5.28 Å². The van der Waals surface area contributed by atoms with Crippen molar-refractivity contribution in [3.63, 3.8) is 0 Å². The summed E-state index contributed by atoms with van der Waals surface area (Å²) >= 11 is 20.8. The van der Waals surface area contributed by atoms with E-state index in [0.29, 0.717) is 21.9 Å². The van der Waals surface area contributed by atoms with E-state index in [1.165, 1.54) is 23.9 Å². The molecule has 0 unspecified atom stereocenters. The topological polar surface area (TPSA) is 62.7 Å². The first-order chi connectivity index (χ1) is 12.1. The second-order valence-electron chi connectivity index (χ2n) is 4.52. The second-order valence-corrected chi connectivity index (χ2v) is 7.37. The van der Waals surface area contributed by atoms with E-state index in [1.54, 1.807) is 12.1 Å².